The zero-order valence-electron chi connectivity index (χ0n) is 14.1. The van der Waals surface area contributed by atoms with Crippen LogP contribution < -0.4 is 11.3 Å². The third-order valence-electron chi connectivity index (χ3n) is 3.91. The molecular weight excluding hydrogens is 326 g/mol. The summed E-state index contributed by atoms with van der Waals surface area (Å²) in [5.41, 5.74) is 3.78. The van der Waals surface area contributed by atoms with Crippen molar-refractivity contribution in [3.63, 3.8) is 0 Å². The summed E-state index contributed by atoms with van der Waals surface area (Å²) < 4.78 is 32.2. The molecule has 0 amide bonds. The molecule has 130 valence electrons. The number of rotatable bonds is 2. The van der Waals surface area contributed by atoms with E-state index in [1.165, 1.54) is 23.1 Å². The van der Waals surface area contributed by atoms with Gasteiger partial charge in [0.1, 0.15) is 5.49 Å². The van der Waals surface area contributed by atoms with Crippen LogP contribution in [-0.2, 0) is 10.1 Å². The van der Waals surface area contributed by atoms with E-state index in [1.807, 2.05) is 19.2 Å². The quantitative estimate of drug-likeness (QED) is 0.571. The molecule has 1 aliphatic rings. The second-order valence-corrected chi connectivity index (χ2v) is 7.59. The third-order valence-corrected chi connectivity index (χ3v) is 5.07. The van der Waals surface area contributed by atoms with Crippen molar-refractivity contribution in [1.82, 2.24) is 4.68 Å². The summed E-state index contributed by atoms with van der Waals surface area (Å²) in [4.78, 5) is 0.0260. The Balaban J connectivity index is 0.000000175. The summed E-state index contributed by atoms with van der Waals surface area (Å²) in [6, 6.07) is 7.20. The van der Waals surface area contributed by atoms with Crippen LogP contribution in [0.1, 0.15) is 41.0 Å². The van der Waals surface area contributed by atoms with E-state index in [1.54, 1.807) is 32.0 Å². The molecule has 0 radical (unpaired) electrons. The van der Waals surface area contributed by atoms with Crippen LogP contribution >= 0.6 is 0 Å². The van der Waals surface area contributed by atoms with Crippen molar-refractivity contribution < 1.29 is 13.0 Å². The van der Waals surface area contributed by atoms with Crippen LogP contribution in [0.3, 0.4) is 0 Å². The van der Waals surface area contributed by atoms with Gasteiger partial charge >= 0.3 is 0 Å². The van der Waals surface area contributed by atoms with Crippen LogP contribution in [0.2, 0.25) is 0 Å². The van der Waals surface area contributed by atoms with Crippen LogP contribution in [0, 0.1) is 26.2 Å². The lowest BCUT2D eigenvalue weighted by molar-refractivity contribution is 0.482. The first-order valence-corrected chi connectivity index (χ1v) is 9.11. The summed E-state index contributed by atoms with van der Waals surface area (Å²) in [6.45, 7) is 5.22. The Labute approximate surface area is 142 Å². The monoisotopic (exact) mass is 349 g/mol. The number of nitrogens with one attached hydrogen (secondary N) is 1. The first kappa shape index (κ1) is 18.2. The van der Waals surface area contributed by atoms with Gasteiger partial charge in [-0.25, -0.2) is 0 Å². The first-order chi connectivity index (χ1) is 11.1. The predicted molar refractivity (Wildman–Crippen MR) is 92.9 cm³/mol. The van der Waals surface area contributed by atoms with Gasteiger partial charge in [-0.05, 0) is 62.3 Å². The Kier molecular flexibility index (Phi) is 5.15. The van der Waals surface area contributed by atoms with Crippen LogP contribution in [-0.4, -0.2) is 17.6 Å². The summed E-state index contributed by atoms with van der Waals surface area (Å²) >= 11 is 0. The molecule has 1 aliphatic carbocycles. The Hall–Kier alpha value is -2.12. The first-order valence-electron chi connectivity index (χ1n) is 7.67. The standard InChI is InChI=1S/C9H12O3S.C8H11N3/c1-6-4-7(2)9(8(3)5-6)13(10,11)12;9-8-4-3-7(5-11(8)10)6-1-2-6/h4-5H,1-3H3,(H,10,11,12);3-6,9H,1-2,10H2. The Morgan fingerprint density at radius 1 is 1.17 bits per heavy atom. The van der Waals surface area contributed by atoms with Gasteiger partial charge in [-0.2, -0.15) is 8.42 Å². The van der Waals surface area contributed by atoms with Crippen LogP contribution in [0.4, 0.5) is 0 Å². The molecule has 1 saturated carbocycles. The van der Waals surface area contributed by atoms with Crippen LogP contribution in [0.5, 0.6) is 0 Å². The number of nitrogens with zero attached hydrogens (tertiary/aromatic N) is 1. The molecule has 0 unspecified atom stereocenters. The van der Waals surface area contributed by atoms with Gasteiger partial charge in [0, 0.05) is 6.20 Å². The predicted octanol–water partition coefficient (Wildman–Crippen LogP) is 2.42. The van der Waals surface area contributed by atoms with Crippen molar-refractivity contribution in [1.29, 1.82) is 5.41 Å². The minimum Gasteiger partial charge on any atom is -0.338 e. The van der Waals surface area contributed by atoms with Crippen LogP contribution in [0.15, 0.2) is 35.4 Å². The maximum absolute atomic E-state index is 10.9. The lowest BCUT2D eigenvalue weighted by atomic mass is 10.1. The highest BCUT2D eigenvalue weighted by Gasteiger charge is 2.23. The number of nitrogens with two attached hydrogens (primary N) is 1. The van der Waals surface area contributed by atoms with Gasteiger partial charge in [0.25, 0.3) is 10.1 Å². The summed E-state index contributed by atoms with van der Waals surface area (Å²) in [5, 5.41) is 7.32. The summed E-state index contributed by atoms with van der Waals surface area (Å²) in [7, 11) is -4.08. The van der Waals surface area contributed by atoms with E-state index in [-0.39, 0.29) is 4.90 Å². The van der Waals surface area contributed by atoms with E-state index in [0.29, 0.717) is 22.5 Å². The summed E-state index contributed by atoms with van der Waals surface area (Å²) in [5.74, 6) is 6.23. The molecule has 4 N–H and O–H groups in total. The minimum atomic E-state index is -4.08. The number of aryl methyl sites for hydroxylation is 3. The van der Waals surface area contributed by atoms with E-state index in [0.717, 1.165) is 5.56 Å². The van der Waals surface area contributed by atoms with E-state index >= 15 is 0 Å². The zero-order chi connectivity index (χ0) is 18.1. The largest absolute Gasteiger partial charge is 0.338 e. The topological polar surface area (TPSA) is 109 Å². The molecule has 0 aliphatic heterocycles. The molecule has 24 heavy (non-hydrogen) atoms. The number of pyridine rings is 1. The second-order valence-electron chi connectivity index (χ2n) is 6.23. The maximum atomic E-state index is 10.9. The molecule has 3 rings (SSSR count). The number of nitrogen functional groups attached to an aromatic ring is 1. The van der Waals surface area contributed by atoms with Gasteiger partial charge in [0.05, 0.1) is 4.90 Å². The highest BCUT2D eigenvalue weighted by atomic mass is 32.2. The van der Waals surface area contributed by atoms with Gasteiger partial charge in [0.15, 0.2) is 0 Å². The maximum Gasteiger partial charge on any atom is 0.295 e. The molecule has 1 fully saturated rings. The van der Waals surface area contributed by atoms with Crippen molar-refractivity contribution >= 4 is 10.1 Å². The molecule has 1 aromatic carbocycles. The molecule has 2 aromatic rings. The van der Waals surface area contributed by atoms with Crippen molar-refractivity contribution in [2.75, 3.05) is 5.84 Å². The molecule has 0 spiro atoms. The van der Waals surface area contributed by atoms with E-state index in [9.17, 15) is 8.42 Å². The second kappa shape index (κ2) is 6.78. The number of hydrogen-bond acceptors (Lipinski definition) is 4. The number of benzene rings is 1. The van der Waals surface area contributed by atoms with Gasteiger partial charge in [-0.15, -0.1) is 0 Å². The average molecular weight is 349 g/mol. The van der Waals surface area contributed by atoms with Gasteiger partial charge < -0.3 is 5.84 Å². The fourth-order valence-corrected chi connectivity index (χ4v) is 3.70. The third kappa shape index (κ3) is 4.46. The van der Waals surface area contributed by atoms with Gasteiger partial charge in [-0.3, -0.25) is 14.6 Å². The van der Waals surface area contributed by atoms with Crippen molar-refractivity contribution in [3.8, 4) is 0 Å². The average Bonchev–Trinajstić information content (AvgIpc) is 3.24. The Bertz CT molecular complexity index is 890. The Morgan fingerprint density at radius 2 is 1.71 bits per heavy atom. The fraction of sp³-hybridized carbons (Fsp3) is 0.353. The molecule has 1 aromatic heterocycles. The smallest absolute Gasteiger partial charge is 0.295 e. The molecule has 0 bridgehead atoms. The molecule has 0 saturated heterocycles. The van der Waals surface area contributed by atoms with Gasteiger partial charge in [0.2, 0.25) is 0 Å². The molecule has 6 nitrogen and oxygen atoms in total. The number of hydrogen-bond donors (Lipinski definition) is 3. The molecule has 1 heterocycles. The fourth-order valence-electron chi connectivity index (χ4n) is 2.77. The molecular formula is C17H23N3O3S. The lowest BCUT2D eigenvalue weighted by Gasteiger charge is -2.07. The zero-order valence-corrected chi connectivity index (χ0v) is 14.9. The minimum absolute atomic E-state index is 0.0260. The van der Waals surface area contributed by atoms with Crippen molar-refractivity contribution in [2.45, 2.75) is 44.4 Å². The van der Waals surface area contributed by atoms with Gasteiger partial charge in [-0.1, -0.05) is 23.8 Å². The highest BCUT2D eigenvalue weighted by molar-refractivity contribution is 7.86. The summed E-state index contributed by atoms with van der Waals surface area (Å²) in [6.07, 6.45) is 4.40. The van der Waals surface area contributed by atoms with E-state index < -0.39 is 10.1 Å². The SMILES string of the molecule is Cc1cc(C)c(S(=O)(=O)O)c(C)c1.N=c1ccc(C2CC2)cn1N. The van der Waals surface area contributed by atoms with Crippen molar-refractivity contribution in [3.05, 3.63) is 58.2 Å². The normalized spacial score (nSPS) is 14.0. The van der Waals surface area contributed by atoms with E-state index in [4.69, 9.17) is 15.8 Å². The number of aromatic nitrogens is 1. The van der Waals surface area contributed by atoms with Crippen molar-refractivity contribution in [2.24, 2.45) is 0 Å². The lowest BCUT2D eigenvalue weighted by Crippen LogP contribution is -2.25. The Morgan fingerprint density at radius 3 is 2.12 bits per heavy atom. The molecule has 0 atom stereocenters. The molecule has 7 heteroatoms. The van der Waals surface area contributed by atoms with E-state index in [2.05, 4.69) is 0 Å². The van der Waals surface area contributed by atoms with Crippen LogP contribution in [0.25, 0.3) is 0 Å². The highest BCUT2D eigenvalue weighted by Crippen LogP contribution is 2.39.